The lowest BCUT2D eigenvalue weighted by Crippen LogP contribution is -2.50. The molecule has 1 aromatic heterocycles. The van der Waals surface area contributed by atoms with Gasteiger partial charge in [-0.1, -0.05) is 0 Å². The van der Waals surface area contributed by atoms with E-state index in [9.17, 15) is 14.7 Å². The Morgan fingerprint density at radius 3 is 2.62 bits per heavy atom. The lowest BCUT2D eigenvalue weighted by Gasteiger charge is -2.41. The smallest absolute Gasteiger partial charge is 0.230 e. The van der Waals surface area contributed by atoms with Gasteiger partial charge in [-0.15, -0.1) is 0 Å². The number of carbonyl (C=O) groups is 2. The van der Waals surface area contributed by atoms with E-state index in [1.54, 1.807) is 18.2 Å². The first-order chi connectivity index (χ1) is 15.5. The van der Waals surface area contributed by atoms with Gasteiger partial charge >= 0.3 is 0 Å². The second-order valence-electron chi connectivity index (χ2n) is 9.88. The van der Waals surface area contributed by atoms with E-state index >= 15 is 0 Å². The Balaban J connectivity index is 1.34. The Labute approximate surface area is 189 Å². The number of anilines is 2. The van der Waals surface area contributed by atoms with Crippen molar-refractivity contribution in [3.05, 3.63) is 12.3 Å². The Morgan fingerprint density at radius 1 is 1.09 bits per heavy atom. The van der Waals surface area contributed by atoms with Crippen molar-refractivity contribution >= 4 is 23.3 Å². The quantitative estimate of drug-likeness (QED) is 0.770. The molecular weight excluding hydrogens is 408 g/mol. The predicted molar refractivity (Wildman–Crippen MR) is 121 cm³/mol. The first kappa shape index (κ1) is 21.5. The number of piperidine rings is 1. The van der Waals surface area contributed by atoms with Crippen molar-refractivity contribution in [1.29, 1.82) is 0 Å². The molecule has 2 amide bonds. The molecule has 4 fully saturated rings. The van der Waals surface area contributed by atoms with Crippen LogP contribution in [0.3, 0.4) is 0 Å². The molecule has 1 aromatic rings. The molecule has 1 spiro atoms. The van der Waals surface area contributed by atoms with E-state index in [0.717, 1.165) is 82.5 Å². The van der Waals surface area contributed by atoms with E-state index in [-0.39, 0.29) is 29.4 Å². The molecular formula is C24H34N4O4. The monoisotopic (exact) mass is 442 g/mol. The summed E-state index contributed by atoms with van der Waals surface area (Å²) in [7, 11) is 1.63. The molecule has 0 bridgehead atoms. The summed E-state index contributed by atoms with van der Waals surface area (Å²) in [4.78, 5) is 36.5. The highest BCUT2D eigenvalue weighted by Crippen LogP contribution is 2.44. The van der Waals surface area contributed by atoms with Gasteiger partial charge in [-0.3, -0.25) is 9.59 Å². The number of amides is 2. The molecule has 5 rings (SSSR count). The van der Waals surface area contributed by atoms with Gasteiger partial charge in [-0.05, 0) is 51.4 Å². The Hall–Kier alpha value is -2.35. The maximum Gasteiger partial charge on any atom is 0.230 e. The summed E-state index contributed by atoms with van der Waals surface area (Å²) in [6.45, 7) is 3.03. The number of aliphatic hydroxyl groups is 1. The van der Waals surface area contributed by atoms with Crippen LogP contribution in [0.15, 0.2) is 12.3 Å². The fraction of sp³-hybridized carbons (Fsp3) is 0.708. The highest BCUT2D eigenvalue weighted by molar-refractivity contribution is 5.95. The number of nitrogens with zero attached hydrogens (tertiary/aromatic N) is 4. The number of carbonyl (C=O) groups excluding carboxylic acids is 2. The van der Waals surface area contributed by atoms with Gasteiger partial charge < -0.3 is 24.5 Å². The predicted octanol–water partition coefficient (Wildman–Crippen LogP) is 2.34. The second-order valence-corrected chi connectivity index (χ2v) is 9.88. The summed E-state index contributed by atoms with van der Waals surface area (Å²) in [6.07, 6.45) is 9.13. The average Bonchev–Trinajstić information content (AvgIpc) is 3.37. The lowest BCUT2D eigenvalue weighted by atomic mass is 9.78. The van der Waals surface area contributed by atoms with Gasteiger partial charge in [0.2, 0.25) is 11.8 Å². The van der Waals surface area contributed by atoms with Gasteiger partial charge in [-0.25, -0.2) is 4.98 Å². The minimum absolute atomic E-state index is 0.130. The standard InChI is InChI=1S/C24H34N4O4/c1-32-20-14-18(27-12-2-4-21(27)30)15-25-22(20)26-11-3-9-24(16-26)10-13-28(23(24)31)17-5-7-19(29)8-6-17/h14-15,17,19,29H,2-13,16H2,1H3/t17?,19?,24-/m1/s1. The molecule has 1 atom stereocenters. The zero-order valence-electron chi connectivity index (χ0n) is 19.0. The summed E-state index contributed by atoms with van der Waals surface area (Å²) < 4.78 is 5.68. The fourth-order valence-corrected chi connectivity index (χ4v) is 6.14. The van der Waals surface area contributed by atoms with Crippen LogP contribution in [-0.2, 0) is 9.59 Å². The maximum atomic E-state index is 13.6. The van der Waals surface area contributed by atoms with Gasteiger partial charge in [0, 0.05) is 44.7 Å². The molecule has 0 radical (unpaired) electrons. The van der Waals surface area contributed by atoms with E-state index in [4.69, 9.17) is 9.72 Å². The molecule has 32 heavy (non-hydrogen) atoms. The van der Waals surface area contributed by atoms with Crippen LogP contribution in [0.1, 0.15) is 57.8 Å². The van der Waals surface area contributed by atoms with Crippen LogP contribution in [0, 0.1) is 5.41 Å². The summed E-state index contributed by atoms with van der Waals surface area (Å²) >= 11 is 0. The SMILES string of the molecule is COc1cc(N2CCCC2=O)cnc1N1CCC[C@@]2(CCN(C3CCC(O)CC3)C2=O)C1. The molecule has 1 aliphatic carbocycles. The van der Waals surface area contributed by atoms with E-state index in [1.807, 2.05) is 6.07 Å². The van der Waals surface area contributed by atoms with Crippen LogP contribution in [-0.4, -0.2) is 72.2 Å². The van der Waals surface area contributed by atoms with Crippen LogP contribution >= 0.6 is 0 Å². The van der Waals surface area contributed by atoms with Crippen LogP contribution < -0.4 is 14.5 Å². The summed E-state index contributed by atoms with van der Waals surface area (Å²) in [6, 6.07) is 2.17. The zero-order valence-corrected chi connectivity index (χ0v) is 19.0. The van der Waals surface area contributed by atoms with Crippen molar-refractivity contribution in [2.45, 2.75) is 69.9 Å². The average molecular weight is 443 g/mol. The lowest BCUT2D eigenvalue weighted by molar-refractivity contribution is -0.139. The van der Waals surface area contributed by atoms with Crippen LogP contribution in [0.25, 0.3) is 0 Å². The third-order valence-electron chi connectivity index (χ3n) is 7.95. The number of aromatic nitrogens is 1. The number of methoxy groups -OCH3 is 1. The number of rotatable bonds is 4. The summed E-state index contributed by atoms with van der Waals surface area (Å²) in [5, 5.41) is 9.84. The van der Waals surface area contributed by atoms with Crippen LogP contribution in [0.2, 0.25) is 0 Å². The molecule has 0 aromatic carbocycles. The molecule has 1 saturated carbocycles. The molecule has 8 nitrogen and oxygen atoms in total. The van der Waals surface area contributed by atoms with E-state index in [1.165, 1.54) is 0 Å². The maximum absolute atomic E-state index is 13.6. The minimum atomic E-state index is -0.357. The van der Waals surface area contributed by atoms with Crippen molar-refractivity contribution in [3.8, 4) is 5.75 Å². The summed E-state index contributed by atoms with van der Waals surface area (Å²) in [5.74, 6) is 1.82. The number of likely N-dealkylation sites (tertiary alicyclic amines) is 1. The fourth-order valence-electron chi connectivity index (χ4n) is 6.14. The van der Waals surface area contributed by atoms with Crippen LogP contribution in [0.5, 0.6) is 5.75 Å². The first-order valence-electron chi connectivity index (χ1n) is 12.1. The topological polar surface area (TPSA) is 86.2 Å². The van der Waals surface area contributed by atoms with Crippen molar-refractivity contribution in [1.82, 2.24) is 9.88 Å². The molecule has 174 valence electrons. The normalized spacial score (nSPS) is 31.1. The number of pyridine rings is 1. The van der Waals surface area contributed by atoms with Gasteiger partial charge in [0.15, 0.2) is 11.6 Å². The van der Waals surface area contributed by atoms with Gasteiger partial charge in [0.05, 0.1) is 30.5 Å². The Kier molecular flexibility index (Phi) is 5.73. The van der Waals surface area contributed by atoms with Crippen molar-refractivity contribution in [2.75, 3.05) is 43.1 Å². The number of hydrogen-bond acceptors (Lipinski definition) is 6. The molecule has 3 aliphatic heterocycles. The number of aliphatic hydroxyl groups excluding tert-OH is 1. The Morgan fingerprint density at radius 2 is 1.91 bits per heavy atom. The van der Waals surface area contributed by atoms with Gasteiger partial charge in [0.1, 0.15) is 0 Å². The highest BCUT2D eigenvalue weighted by atomic mass is 16.5. The highest BCUT2D eigenvalue weighted by Gasteiger charge is 2.51. The third kappa shape index (κ3) is 3.72. The summed E-state index contributed by atoms with van der Waals surface area (Å²) in [5.41, 5.74) is 0.423. The van der Waals surface area contributed by atoms with E-state index in [2.05, 4.69) is 9.80 Å². The third-order valence-corrected chi connectivity index (χ3v) is 7.95. The molecule has 8 heteroatoms. The van der Waals surface area contributed by atoms with Gasteiger partial charge in [0.25, 0.3) is 0 Å². The van der Waals surface area contributed by atoms with Crippen LogP contribution in [0.4, 0.5) is 11.5 Å². The molecule has 3 saturated heterocycles. The van der Waals surface area contributed by atoms with Gasteiger partial charge in [-0.2, -0.15) is 0 Å². The van der Waals surface area contributed by atoms with Crippen molar-refractivity contribution < 1.29 is 19.4 Å². The second kappa shape index (κ2) is 8.54. The molecule has 4 heterocycles. The van der Waals surface area contributed by atoms with E-state index in [0.29, 0.717) is 18.7 Å². The largest absolute Gasteiger partial charge is 0.493 e. The van der Waals surface area contributed by atoms with Crippen molar-refractivity contribution in [3.63, 3.8) is 0 Å². The number of ether oxygens (including phenoxy) is 1. The molecule has 0 unspecified atom stereocenters. The first-order valence-corrected chi connectivity index (χ1v) is 12.1. The molecule has 1 N–H and O–H groups in total. The number of hydrogen-bond donors (Lipinski definition) is 1. The Bertz CT molecular complexity index is 885. The zero-order chi connectivity index (χ0) is 22.3. The minimum Gasteiger partial charge on any atom is -0.493 e. The van der Waals surface area contributed by atoms with Crippen molar-refractivity contribution in [2.24, 2.45) is 5.41 Å². The van der Waals surface area contributed by atoms with E-state index < -0.39 is 0 Å². The molecule has 4 aliphatic rings.